The Hall–Kier alpha value is -1.51. The highest BCUT2D eigenvalue weighted by molar-refractivity contribution is 8.93. The Bertz CT molecular complexity index is 678. The molecule has 0 saturated carbocycles. The Morgan fingerprint density at radius 1 is 0.560 bits per heavy atom. The van der Waals surface area contributed by atoms with Crippen LogP contribution in [-0.2, 0) is 9.47 Å². The summed E-state index contributed by atoms with van der Waals surface area (Å²) < 4.78 is 12.2. The van der Waals surface area contributed by atoms with Gasteiger partial charge in [0.25, 0.3) is 6.03 Å². The molecule has 0 radical (unpaired) electrons. The molecule has 0 unspecified atom stereocenters. The lowest BCUT2D eigenvalue weighted by atomic mass is 10.4. The van der Waals surface area contributed by atoms with Crippen LogP contribution in [0.3, 0.4) is 0 Å². The van der Waals surface area contributed by atoms with Gasteiger partial charge in [0, 0.05) is 0 Å². The predicted molar refractivity (Wildman–Crippen MR) is 111 cm³/mol. The molecule has 1 fully saturated rings. The van der Waals surface area contributed by atoms with E-state index < -0.39 is 7.26 Å². The van der Waals surface area contributed by atoms with Crippen LogP contribution in [0, 0.1) is 0 Å². The summed E-state index contributed by atoms with van der Waals surface area (Å²) in [5.74, 6) is 0. The summed E-state index contributed by atoms with van der Waals surface area (Å²) in [6.07, 6.45) is 0. The van der Waals surface area contributed by atoms with Crippen molar-refractivity contribution in [2.75, 3.05) is 13.2 Å². The summed E-state index contributed by atoms with van der Waals surface area (Å²) in [5, 5.41) is 3.86. The Labute approximate surface area is 159 Å². The first-order chi connectivity index (χ1) is 11.9. The van der Waals surface area contributed by atoms with Crippen LogP contribution in [0.5, 0.6) is 0 Å². The molecule has 3 aromatic rings. The van der Waals surface area contributed by atoms with Crippen LogP contribution in [0.25, 0.3) is 0 Å². The highest BCUT2D eigenvalue weighted by Crippen LogP contribution is 2.61. The summed E-state index contributed by atoms with van der Waals surface area (Å²) in [7, 11) is -2.05. The fourth-order valence-electron chi connectivity index (χ4n) is 3.37. The van der Waals surface area contributed by atoms with E-state index in [1.54, 1.807) is 0 Å². The van der Waals surface area contributed by atoms with E-state index in [0.717, 1.165) is 0 Å². The molecule has 0 aromatic heterocycles. The fourth-order valence-corrected chi connectivity index (χ4v) is 7.58. The van der Waals surface area contributed by atoms with Crippen LogP contribution in [0.2, 0.25) is 0 Å². The number of halogens is 1. The maximum absolute atomic E-state index is 6.11. The Balaban J connectivity index is 0.00000182. The Morgan fingerprint density at radius 2 is 0.880 bits per heavy atom. The van der Waals surface area contributed by atoms with Gasteiger partial charge in [0.1, 0.15) is 15.9 Å². The topological polar surface area (TPSA) is 18.5 Å². The van der Waals surface area contributed by atoms with E-state index in [1.165, 1.54) is 15.9 Å². The number of ether oxygens (including phenoxy) is 2. The van der Waals surface area contributed by atoms with E-state index in [-0.39, 0.29) is 23.0 Å². The highest BCUT2D eigenvalue weighted by atomic mass is 79.9. The maximum Gasteiger partial charge on any atom is 0.288 e. The molecule has 4 rings (SSSR count). The molecule has 128 valence electrons. The van der Waals surface area contributed by atoms with Crippen LogP contribution in [0.15, 0.2) is 91.0 Å². The smallest absolute Gasteiger partial charge is 0.288 e. The van der Waals surface area contributed by atoms with Gasteiger partial charge >= 0.3 is 0 Å². The second-order valence-electron chi connectivity index (χ2n) is 5.78. The zero-order chi connectivity index (χ0) is 16.2. The van der Waals surface area contributed by atoms with Crippen LogP contribution in [0.1, 0.15) is 0 Å². The van der Waals surface area contributed by atoms with E-state index in [2.05, 4.69) is 91.0 Å². The molecule has 4 heteroatoms. The van der Waals surface area contributed by atoms with E-state index in [9.17, 15) is 0 Å². The van der Waals surface area contributed by atoms with Crippen molar-refractivity contribution in [3.05, 3.63) is 91.0 Å². The average Bonchev–Trinajstić information content (AvgIpc) is 3.20. The summed E-state index contributed by atoms with van der Waals surface area (Å²) in [4.78, 5) is 0. The summed E-state index contributed by atoms with van der Waals surface area (Å²) in [5.41, 5.74) is 0. The molecule has 1 aliphatic heterocycles. The second-order valence-corrected chi connectivity index (χ2v) is 9.19. The summed E-state index contributed by atoms with van der Waals surface area (Å²) in [6.45, 7) is 1.30. The van der Waals surface area contributed by atoms with Gasteiger partial charge < -0.3 is 9.47 Å². The minimum Gasteiger partial charge on any atom is -0.318 e. The third-order valence-electron chi connectivity index (χ3n) is 4.41. The van der Waals surface area contributed by atoms with Gasteiger partial charge in [-0.2, -0.15) is 0 Å². The van der Waals surface area contributed by atoms with Gasteiger partial charge in [-0.1, -0.05) is 54.6 Å². The second kappa shape index (κ2) is 8.25. The van der Waals surface area contributed by atoms with Crippen molar-refractivity contribution >= 4 is 40.2 Å². The van der Waals surface area contributed by atoms with Crippen molar-refractivity contribution in [1.29, 1.82) is 0 Å². The molecule has 1 saturated heterocycles. The number of hydrogen-bond donors (Lipinski definition) is 0. The molecule has 0 bridgehead atoms. The third kappa shape index (κ3) is 3.30. The highest BCUT2D eigenvalue weighted by Gasteiger charge is 2.56. The van der Waals surface area contributed by atoms with Gasteiger partial charge in [-0.3, -0.25) is 0 Å². The van der Waals surface area contributed by atoms with E-state index in [1.807, 2.05) is 0 Å². The molecule has 0 spiro atoms. The minimum atomic E-state index is -2.05. The van der Waals surface area contributed by atoms with Crippen molar-refractivity contribution in [2.45, 2.75) is 6.03 Å². The number of rotatable bonds is 4. The third-order valence-corrected chi connectivity index (χ3v) is 8.68. The molecule has 0 atom stereocenters. The van der Waals surface area contributed by atoms with Crippen molar-refractivity contribution < 1.29 is 9.47 Å². The molecule has 2 nitrogen and oxygen atoms in total. The first-order valence-corrected chi connectivity index (χ1v) is 10.1. The molecule has 0 N–H and O–H groups in total. The minimum absolute atomic E-state index is 0. The Kier molecular flexibility index (Phi) is 6.03. The van der Waals surface area contributed by atoms with Crippen LogP contribution in [0.4, 0.5) is 0 Å². The molecule has 1 aliphatic rings. The SMILES string of the molecule is Br.c1ccc([P+](c2ccccc2)(c2ccccc2)C2OCCO2)cc1. The predicted octanol–water partition coefficient (Wildman–Crippen LogP) is 3.89. The fraction of sp³-hybridized carbons (Fsp3) is 0.143. The summed E-state index contributed by atoms with van der Waals surface area (Å²) in [6, 6.07) is 31.8. The first kappa shape index (κ1) is 18.3. The number of hydrogen-bond acceptors (Lipinski definition) is 2. The normalized spacial score (nSPS) is 14.9. The lowest BCUT2D eigenvalue weighted by Gasteiger charge is -2.30. The Morgan fingerprint density at radius 3 is 1.20 bits per heavy atom. The van der Waals surface area contributed by atoms with Crippen molar-refractivity contribution in [3.8, 4) is 0 Å². The van der Waals surface area contributed by atoms with Crippen molar-refractivity contribution in [2.24, 2.45) is 0 Å². The lowest BCUT2D eigenvalue weighted by molar-refractivity contribution is 0.0291. The van der Waals surface area contributed by atoms with E-state index in [4.69, 9.17) is 9.47 Å². The molecular weight excluding hydrogens is 395 g/mol. The van der Waals surface area contributed by atoms with Crippen LogP contribution < -0.4 is 15.9 Å². The lowest BCUT2D eigenvalue weighted by Crippen LogP contribution is -2.39. The van der Waals surface area contributed by atoms with Crippen LogP contribution >= 0.6 is 24.2 Å². The van der Waals surface area contributed by atoms with Gasteiger partial charge in [0.05, 0.1) is 13.2 Å². The molecule has 0 amide bonds. The zero-order valence-electron chi connectivity index (χ0n) is 13.8. The van der Waals surface area contributed by atoms with E-state index in [0.29, 0.717) is 13.2 Å². The monoisotopic (exact) mass is 415 g/mol. The average molecular weight is 416 g/mol. The maximum atomic E-state index is 6.11. The molecule has 0 aliphatic carbocycles. The summed E-state index contributed by atoms with van der Waals surface area (Å²) >= 11 is 0. The van der Waals surface area contributed by atoms with Gasteiger partial charge in [-0.05, 0) is 36.4 Å². The van der Waals surface area contributed by atoms with Crippen molar-refractivity contribution in [3.63, 3.8) is 0 Å². The quantitative estimate of drug-likeness (QED) is 0.601. The van der Waals surface area contributed by atoms with Gasteiger partial charge in [-0.25, -0.2) is 0 Å². The standard InChI is InChI=1S/C21H20O2P.BrH/c1-4-10-18(11-5-1)24(21-22-16-17-23-21,19-12-6-2-7-13-19)20-14-8-3-9-15-20;/h1-15,21H,16-17H2;1H/q+1;. The molecular formula is C21H21BrO2P+. The molecule has 1 heterocycles. The van der Waals surface area contributed by atoms with Gasteiger partial charge in [0.15, 0.2) is 7.26 Å². The van der Waals surface area contributed by atoms with Crippen LogP contribution in [-0.4, -0.2) is 19.2 Å². The van der Waals surface area contributed by atoms with Gasteiger partial charge in [0.2, 0.25) is 0 Å². The first-order valence-electron chi connectivity index (χ1n) is 8.21. The van der Waals surface area contributed by atoms with E-state index >= 15 is 0 Å². The molecule has 25 heavy (non-hydrogen) atoms. The molecule has 3 aromatic carbocycles. The zero-order valence-corrected chi connectivity index (χ0v) is 16.4. The number of benzene rings is 3. The van der Waals surface area contributed by atoms with Gasteiger partial charge in [-0.15, -0.1) is 17.0 Å². The largest absolute Gasteiger partial charge is 0.318 e. The van der Waals surface area contributed by atoms with Crippen molar-refractivity contribution in [1.82, 2.24) is 0 Å².